The van der Waals surface area contributed by atoms with E-state index in [-0.39, 0.29) is 47.2 Å². The van der Waals surface area contributed by atoms with E-state index in [1.807, 2.05) is 0 Å². The van der Waals surface area contributed by atoms with E-state index in [1.165, 1.54) is 12.1 Å². The Morgan fingerprint density at radius 2 is 1.87 bits per heavy atom. The van der Waals surface area contributed by atoms with Crippen molar-refractivity contribution in [2.75, 3.05) is 23.3 Å². The normalized spacial score (nSPS) is 15.8. The molecule has 1 aliphatic rings. The van der Waals surface area contributed by atoms with E-state index in [0.717, 1.165) is 35.7 Å². The van der Waals surface area contributed by atoms with Gasteiger partial charge < -0.3 is 19.3 Å². The van der Waals surface area contributed by atoms with Gasteiger partial charge in [0.2, 0.25) is 5.60 Å². The molecule has 0 aliphatic carbocycles. The van der Waals surface area contributed by atoms with Gasteiger partial charge in [-0.15, -0.1) is 0 Å². The molecule has 10 nitrogen and oxygen atoms in total. The first-order valence-corrected chi connectivity index (χ1v) is 12.4. The van der Waals surface area contributed by atoms with Gasteiger partial charge in [-0.1, -0.05) is 0 Å². The minimum absolute atomic E-state index is 0.00108. The highest BCUT2D eigenvalue weighted by atomic mass is 32.2. The number of hydrogen-bond acceptors (Lipinski definition) is 7. The van der Waals surface area contributed by atoms with E-state index in [0.29, 0.717) is 13.8 Å². The van der Waals surface area contributed by atoms with Crippen molar-refractivity contribution in [2.24, 2.45) is 0 Å². The SMILES string of the molecule is COc1cc(S(=O)(=O)N2C[C@H](CCC(=O)O)Oc3ccc(NC(=O)OC(C)(C)C(F)(F)F)cc32)ccc1F. The van der Waals surface area contributed by atoms with Crippen LogP contribution < -0.4 is 19.1 Å². The number of fused-ring (bicyclic) bond motifs is 1. The number of ether oxygens (including phenoxy) is 3. The Labute approximate surface area is 215 Å². The summed E-state index contributed by atoms with van der Waals surface area (Å²) < 4.78 is 96.2. The van der Waals surface area contributed by atoms with Crippen molar-refractivity contribution in [3.8, 4) is 11.5 Å². The topological polar surface area (TPSA) is 131 Å². The first kappa shape index (κ1) is 28.8. The largest absolute Gasteiger partial charge is 0.494 e. The van der Waals surface area contributed by atoms with E-state index >= 15 is 0 Å². The number of nitrogens with one attached hydrogen (secondary N) is 1. The van der Waals surface area contributed by atoms with Crippen molar-refractivity contribution in [3.63, 3.8) is 0 Å². The molecule has 3 rings (SSSR count). The smallest absolute Gasteiger partial charge is 0.427 e. The average Bonchev–Trinajstić information content (AvgIpc) is 2.81. The van der Waals surface area contributed by atoms with Crippen LogP contribution in [0.2, 0.25) is 0 Å². The molecule has 2 N–H and O–H groups in total. The zero-order valence-corrected chi connectivity index (χ0v) is 21.2. The van der Waals surface area contributed by atoms with Crippen LogP contribution in [-0.2, 0) is 19.6 Å². The number of aliphatic carboxylic acids is 1. The summed E-state index contributed by atoms with van der Waals surface area (Å²) in [4.78, 5) is 22.8. The summed E-state index contributed by atoms with van der Waals surface area (Å²) in [7, 11) is -3.27. The first-order valence-electron chi connectivity index (χ1n) is 11.0. The van der Waals surface area contributed by atoms with Crippen LogP contribution in [0.15, 0.2) is 41.3 Å². The summed E-state index contributed by atoms with van der Waals surface area (Å²) in [6.45, 7) is 0.975. The average molecular weight is 565 g/mol. The van der Waals surface area contributed by atoms with Gasteiger partial charge in [0.15, 0.2) is 11.6 Å². The van der Waals surface area contributed by atoms with Gasteiger partial charge in [-0.3, -0.25) is 14.4 Å². The van der Waals surface area contributed by atoms with Gasteiger partial charge in [-0.05, 0) is 50.6 Å². The number of sulfonamides is 1. The summed E-state index contributed by atoms with van der Waals surface area (Å²) in [6, 6.07) is 6.51. The molecule has 0 saturated carbocycles. The number of benzene rings is 2. The molecule has 1 atom stereocenters. The minimum atomic E-state index is -4.85. The molecule has 1 amide bonds. The molecule has 0 fully saturated rings. The van der Waals surface area contributed by atoms with E-state index in [2.05, 4.69) is 10.1 Å². The van der Waals surface area contributed by atoms with Crippen LogP contribution in [0, 0.1) is 5.82 Å². The van der Waals surface area contributed by atoms with Crippen LogP contribution in [0.3, 0.4) is 0 Å². The number of carboxylic acids is 1. The number of amides is 1. The Morgan fingerprint density at radius 1 is 1.18 bits per heavy atom. The monoisotopic (exact) mass is 564 g/mol. The number of nitrogens with zero attached hydrogens (tertiary/aromatic N) is 1. The van der Waals surface area contributed by atoms with Crippen molar-refractivity contribution in [2.45, 2.75) is 49.5 Å². The molecule has 0 radical (unpaired) electrons. The molecule has 2 aromatic carbocycles. The molecule has 0 saturated heterocycles. The van der Waals surface area contributed by atoms with E-state index in [4.69, 9.17) is 14.6 Å². The number of carboxylic acid groups (broad SMARTS) is 1. The lowest BCUT2D eigenvalue weighted by molar-refractivity contribution is -0.242. The van der Waals surface area contributed by atoms with Crippen molar-refractivity contribution in [3.05, 3.63) is 42.2 Å². The second kappa shape index (κ2) is 10.6. The maximum Gasteiger partial charge on any atom is 0.427 e. The van der Waals surface area contributed by atoms with E-state index in [9.17, 15) is 35.6 Å². The number of halogens is 4. The predicted molar refractivity (Wildman–Crippen MR) is 125 cm³/mol. The number of anilines is 2. The van der Waals surface area contributed by atoms with Gasteiger partial charge in [0.1, 0.15) is 11.9 Å². The number of carbonyl (C=O) groups excluding carboxylic acids is 1. The Morgan fingerprint density at radius 3 is 2.47 bits per heavy atom. The van der Waals surface area contributed by atoms with E-state index in [1.54, 1.807) is 0 Å². The van der Waals surface area contributed by atoms with Crippen molar-refractivity contribution >= 4 is 33.5 Å². The highest BCUT2D eigenvalue weighted by molar-refractivity contribution is 7.92. The number of methoxy groups -OCH3 is 1. The van der Waals surface area contributed by atoms with Gasteiger partial charge >= 0.3 is 18.2 Å². The van der Waals surface area contributed by atoms with Crippen LogP contribution in [0.5, 0.6) is 11.5 Å². The quantitative estimate of drug-likeness (QED) is 0.447. The third-order valence-electron chi connectivity index (χ3n) is 5.56. The number of alkyl halides is 3. The van der Waals surface area contributed by atoms with Crippen LogP contribution in [0.4, 0.5) is 33.7 Å². The van der Waals surface area contributed by atoms with Gasteiger partial charge in [0.05, 0.1) is 24.2 Å². The lowest BCUT2D eigenvalue weighted by atomic mass is 10.1. The molecule has 0 spiro atoms. The molecule has 2 aromatic rings. The summed E-state index contributed by atoms with van der Waals surface area (Å²) in [5.74, 6) is -2.27. The lowest BCUT2D eigenvalue weighted by Gasteiger charge is -2.35. The van der Waals surface area contributed by atoms with E-state index < -0.39 is 45.8 Å². The summed E-state index contributed by atoms with van der Waals surface area (Å²) >= 11 is 0. The molecule has 15 heteroatoms. The maximum absolute atomic E-state index is 13.9. The Kier molecular flexibility index (Phi) is 8.00. The Balaban J connectivity index is 1.99. The molecule has 0 bridgehead atoms. The molecule has 208 valence electrons. The van der Waals surface area contributed by atoms with Crippen molar-refractivity contribution in [1.82, 2.24) is 0 Å². The van der Waals surface area contributed by atoms with Crippen molar-refractivity contribution in [1.29, 1.82) is 0 Å². The molecule has 1 aliphatic heterocycles. The lowest BCUT2D eigenvalue weighted by Crippen LogP contribution is -2.44. The Bertz CT molecular complexity index is 1330. The molecule has 38 heavy (non-hydrogen) atoms. The second-order valence-electron chi connectivity index (χ2n) is 8.71. The standard InChI is InChI=1S/C23H24F4N2O8S/c1-22(2,23(25,26)27)37-21(32)28-13-4-8-18-17(10-13)29(12-14(36-18)5-9-20(30)31)38(33,34)15-6-7-16(24)19(11-15)35-3/h4,6-8,10-11,14H,5,9,12H2,1-3H3,(H,28,32)(H,30,31)/t14-/m0/s1. The van der Waals surface area contributed by atoms with Gasteiger partial charge in [0.25, 0.3) is 10.0 Å². The van der Waals surface area contributed by atoms with Crippen LogP contribution in [0.25, 0.3) is 0 Å². The maximum atomic E-state index is 13.9. The third kappa shape index (κ3) is 6.20. The van der Waals surface area contributed by atoms with Gasteiger partial charge in [0, 0.05) is 18.2 Å². The number of hydrogen-bond donors (Lipinski definition) is 2. The number of carbonyl (C=O) groups is 2. The fraction of sp³-hybridized carbons (Fsp3) is 0.391. The number of rotatable bonds is 8. The second-order valence-corrected chi connectivity index (χ2v) is 10.6. The van der Waals surface area contributed by atoms with Crippen LogP contribution in [-0.4, -0.2) is 57.1 Å². The van der Waals surface area contributed by atoms with Crippen molar-refractivity contribution < 1.29 is 54.9 Å². The fourth-order valence-electron chi connectivity index (χ4n) is 3.41. The summed E-state index contributed by atoms with van der Waals surface area (Å²) in [6.07, 6.45) is -7.54. The predicted octanol–water partition coefficient (Wildman–Crippen LogP) is 4.54. The third-order valence-corrected chi connectivity index (χ3v) is 7.33. The molecule has 1 heterocycles. The molecule has 0 unspecified atom stereocenters. The van der Waals surface area contributed by atoms with Crippen LogP contribution in [0.1, 0.15) is 26.7 Å². The molecule has 0 aromatic heterocycles. The van der Waals surface area contributed by atoms with Gasteiger partial charge in [-0.2, -0.15) is 13.2 Å². The Hall–Kier alpha value is -3.75. The van der Waals surface area contributed by atoms with Gasteiger partial charge in [-0.25, -0.2) is 17.6 Å². The first-order chi connectivity index (χ1) is 17.5. The zero-order valence-electron chi connectivity index (χ0n) is 20.3. The van der Waals surface area contributed by atoms with Crippen LogP contribution >= 0.6 is 0 Å². The fourth-order valence-corrected chi connectivity index (χ4v) is 4.93. The highest BCUT2D eigenvalue weighted by Gasteiger charge is 2.51. The summed E-state index contributed by atoms with van der Waals surface area (Å²) in [5.41, 5.74) is -3.02. The zero-order chi connectivity index (χ0) is 28.5. The molecular formula is C23H24F4N2O8S. The summed E-state index contributed by atoms with van der Waals surface area (Å²) in [5, 5.41) is 11.1. The highest BCUT2D eigenvalue weighted by Crippen LogP contribution is 2.40. The minimum Gasteiger partial charge on any atom is -0.494 e. The molecular weight excluding hydrogens is 540 g/mol.